The third-order valence-electron chi connectivity index (χ3n) is 5.54. The van der Waals surface area contributed by atoms with E-state index < -0.39 is 18.6 Å². The maximum absolute atomic E-state index is 13.0. The molecule has 174 valence electrons. The minimum atomic E-state index is -4.27. The lowest BCUT2D eigenvalue weighted by Gasteiger charge is -2.18. The second kappa shape index (κ2) is 9.28. The highest BCUT2D eigenvalue weighted by Crippen LogP contribution is 2.21. The molecule has 2 aromatic carbocycles. The van der Waals surface area contributed by atoms with Crippen LogP contribution in [0.5, 0.6) is 0 Å². The fourth-order valence-corrected chi connectivity index (χ4v) is 4.41. The SMILES string of the molecule is O=C(NC1CCN(CC(F)(F)F)C1)c1ccc2c(=O)n(Cc3ccccc3Cl)c(=S)[nH]c2c1. The normalized spacial score (nSPS) is 16.9. The zero-order chi connectivity index (χ0) is 23.8. The van der Waals surface area contributed by atoms with E-state index in [-0.39, 0.29) is 41.6 Å². The van der Waals surface area contributed by atoms with E-state index in [0.29, 0.717) is 22.3 Å². The Balaban J connectivity index is 1.53. The second-order valence-corrected chi connectivity index (χ2v) is 8.78. The van der Waals surface area contributed by atoms with Crippen LogP contribution in [0.1, 0.15) is 22.3 Å². The number of H-pyrrole nitrogens is 1. The molecular weight excluding hydrogens is 477 g/mol. The summed E-state index contributed by atoms with van der Waals surface area (Å²) in [6.45, 7) is -0.400. The smallest absolute Gasteiger partial charge is 0.348 e. The summed E-state index contributed by atoms with van der Waals surface area (Å²) in [5, 5.41) is 3.64. The summed E-state index contributed by atoms with van der Waals surface area (Å²) in [7, 11) is 0. The summed E-state index contributed by atoms with van der Waals surface area (Å²) in [5.74, 6) is -0.421. The first kappa shape index (κ1) is 23.5. The van der Waals surface area contributed by atoms with Gasteiger partial charge in [0.15, 0.2) is 4.77 Å². The van der Waals surface area contributed by atoms with Crippen molar-refractivity contribution in [1.82, 2.24) is 19.8 Å². The van der Waals surface area contributed by atoms with Crippen molar-refractivity contribution in [2.45, 2.75) is 25.2 Å². The van der Waals surface area contributed by atoms with Crippen LogP contribution in [-0.2, 0) is 6.54 Å². The molecule has 1 aliphatic heterocycles. The Morgan fingerprint density at radius 3 is 2.73 bits per heavy atom. The lowest BCUT2D eigenvalue weighted by Crippen LogP contribution is -2.39. The first-order valence-electron chi connectivity index (χ1n) is 10.2. The van der Waals surface area contributed by atoms with Gasteiger partial charge in [0, 0.05) is 29.7 Å². The van der Waals surface area contributed by atoms with Gasteiger partial charge < -0.3 is 10.3 Å². The van der Waals surface area contributed by atoms with Crippen LogP contribution in [0.15, 0.2) is 47.3 Å². The third kappa shape index (κ3) is 5.45. The number of hydrogen-bond donors (Lipinski definition) is 2. The minimum absolute atomic E-state index is 0.133. The number of halogens is 4. The Kier molecular flexibility index (Phi) is 6.60. The summed E-state index contributed by atoms with van der Waals surface area (Å²) in [5.41, 5.74) is 1.11. The van der Waals surface area contributed by atoms with Crippen molar-refractivity contribution in [1.29, 1.82) is 0 Å². The maximum atomic E-state index is 13.0. The van der Waals surface area contributed by atoms with Crippen LogP contribution in [0.2, 0.25) is 5.02 Å². The van der Waals surface area contributed by atoms with Gasteiger partial charge in [-0.05, 0) is 48.5 Å². The zero-order valence-electron chi connectivity index (χ0n) is 17.3. The summed E-state index contributed by atoms with van der Waals surface area (Å²) in [6.07, 6.45) is -3.83. The van der Waals surface area contributed by atoms with Crippen LogP contribution in [0.25, 0.3) is 10.9 Å². The molecule has 1 saturated heterocycles. The Labute approximate surface area is 197 Å². The summed E-state index contributed by atoms with van der Waals surface area (Å²) in [6, 6.07) is 11.3. The van der Waals surface area contributed by atoms with Crippen LogP contribution in [0.4, 0.5) is 13.2 Å². The van der Waals surface area contributed by atoms with E-state index in [1.54, 1.807) is 18.2 Å². The highest BCUT2D eigenvalue weighted by Gasteiger charge is 2.34. The van der Waals surface area contributed by atoms with Crippen molar-refractivity contribution in [3.8, 4) is 0 Å². The van der Waals surface area contributed by atoms with Gasteiger partial charge in [-0.1, -0.05) is 29.8 Å². The Morgan fingerprint density at radius 1 is 1.24 bits per heavy atom. The van der Waals surface area contributed by atoms with Crippen molar-refractivity contribution in [3.05, 3.63) is 73.7 Å². The number of amides is 1. The molecule has 2 heterocycles. The molecule has 0 radical (unpaired) electrons. The van der Waals surface area contributed by atoms with Gasteiger partial charge in [0.05, 0.1) is 24.0 Å². The molecule has 1 amide bonds. The lowest BCUT2D eigenvalue weighted by molar-refractivity contribution is -0.143. The number of aromatic amines is 1. The number of alkyl halides is 3. The molecule has 6 nitrogen and oxygen atoms in total. The van der Waals surface area contributed by atoms with Gasteiger partial charge >= 0.3 is 6.18 Å². The Bertz CT molecular complexity index is 1320. The van der Waals surface area contributed by atoms with Gasteiger partial charge in [-0.25, -0.2) is 0 Å². The molecule has 0 aliphatic carbocycles. The number of hydrogen-bond acceptors (Lipinski definition) is 4. The van der Waals surface area contributed by atoms with Crippen LogP contribution in [0.3, 0.4) is 0 Å². The minimum Gasteiger partial charge on any atom is -0.348 e. The van der Waals surface area contributed by atoms with Crippen molar-refractivity contribution in [3.63, 3.8) is 0 Å². The monoisotopic (exact) mass is 496 g/mol. The fraction of sp³-hybridized carbons (Fsp3) is 0.318. The number of nitrogens with zero attached hydrogens (tertiary/aromatic N) is 2. The predicted octanol–water partition coefficient (Wildman–Crippen LogP) is 4.13. The average molecular weight is 497 g/mol. The average Bonchev–Trinajstić information content (AvgIpc) is 3.16. The van der Waals surface area contributed by atoms with Crippen molar-refractivity contribution in [2.24, 2.45) is 0 Å². The molecule has 1 aliphatic rings. The van der Waals surface area contributed by atoms with Crippen molar-refractivity contribution >= 4 is 40.6 Å². The Morgan fingerprint density at radius 2 is 2.00 bits per heavy atom. The molecule has 4 rings (SSSR count). The molecule has 11 heteroatoms. The van der Waals surface area contributed by atoms with E-state index in [4.69, 9.17) is 23.8 Å². The molecule has 3 aromatic rings. The summed E-state index contributed by atoms with van der Waals surface area (Å²) in [4.78, 5) is 29.9. The van der Waals surface area contributed by atoms with E-state index in [9.17, 15) is 22.8 Å². The number of aromatic nitrogens is 2. The molecule has 33 heavy (non-hydrogen) atoms. The highest BCUT2D eigenvalue weighted by atomic mass is 35.5. The molecule has 1 unspecified atom stereocenters. The highest BCUT2D eigenvalue weighted by molar-refractivity contribution is 7.71. The molecule has 1 fully saturated rings. The van der Waals surface area contributed by atoms with E-state index >= 15 is 0 Å². The molecule has 0 bridgehead atoms. The number of rotatable bonds is 5. The second-order valence-electron chi connectivity index (χ2n) is 7.98. The summed E-state index contributed by atoms with van der Waals surface area (Å²) < 4.78 is 39.3. The number of likely N-dealkylation sites (tertiary alicyclic amines) is 1. The first-order valence-corrected chi connectivity index (χ1v) is 11.0. The number of nitrogens with one attached hydrogen (secondary N) is 2. The number of fused-ring (bicyclic) bond motifs is 1. The summed E-state index contributed by atoms with van der Waals surface area (Å²) >= 11 is 11.6. The van der Waals surface area contributed by atoms with Gasteiger partial charge in [0.2, 0.25) is 0 Å². The van der Waals surface area contributed by atoms with Gasteiger partial charge in [0.25, 0.3) is 11.5 Å². The molecule has 1 aromatic heterocycles. The van der Waals surface area contributed by atoms with Gasteiger partial charge in [-0.3, -0.25) is 19.1 Å². The molecule has 0 spiro atoms. The van der Waals surface area contributed by atoms with Crippen LogP contribution in [0, 0.1) is 4.77 Å². The van der Waals surface area contributed by atoms with Gasteiger partial charge in [-0.2, -0.15) is 13.2 Å². The van der Waals surface area contributed by atoms with E-state index in [1.165, 1.54) is 27.7 Å². The third-order valence-corrected chi connectivity index (χ3v) is 6.23. The Hall–Kier alpha value is -2.69. The van der Waals surface area contributed by atoms with Crippen molar-refractivity contribution in [2.75, 3.05) is 19.6 Å². The first-order chi connectivity index (χ1) is 15.6. The maximum Gasteiger partial charge on any atom is 0.401 e. The lowest BCUT2D eigenvalue weighted by atomic mass is 10.1. The van der Waals surface area contributed by atoms with Crippen LogP contribution in [-0.4, -0.2) is 52.2 Å². The quantitative estimate of drug-likeness (QED) is 0.521. The number of carbonyl (C=O) groups is 1. The topological polar surface area (TPSA) is 70.1 Å². The largest absolute Gasteiger partial charge is 0.401 e. The molecule has 1 atom stereocenters. The van der Waals surface area contributed by atoms with Gasteiger partial charge in [-0.15, -0.1) is 0 Å². The zero-order valence-corrected chi connectivity index (χ0v) is 18.9. The van der Waals surface area contributed by atoms with Crippen molar-refractivity contribution < 1.29 is 18.0 Å². The standard InChI is InChI=1S/C22H20ClF3N4O2S/c23-17-4-2-1-3-14(17)10-30-20(32)16-6-5-13(9-18(16)28-21(30)33)19(31)27-15-7-8-29(11-15)12-22(24,25)26/h1-6,9,15H,7-8,10-12H2,(H,27,31)(H,28,33). The molecular formula is C22H20ClF3N4O2S. The predicted molar refractivity (Wildman–Crippen MR) is 122 cm³/mol. The van der Waals surface area contributed by atoms with Gasteiger partial charge in [0.1, 0.15) is 0 Å². The number of carbonyl (C=O) groups excluding carboxylic acids is 1. The van der Waals surface area contributed by atoms with E-state index in [2.05, 4.69) is 10.3 Å². The van der Waals surface area contributed by atoms with Crippen LogP contribution < -0.4 is 10.9 Å². The number of benzene rings is 2. The fourth-order valence-electron chi connectivity index (χ4n) is 3.95. The molecule has 2 N–H and O–H groups in total. The molecule has 0 saturated carbocycles. The van der Waals surface area contributed by atoms with E-state index in [1.807, 2.05) is 6.07 Å². The van der Waals surface area contributed by atoms with Crippen LogP contribution >= 0.6 is 23.8 Å². The van der Waals surface area contributed by atoms with E-state index in [0.717, 1.165) is 5.56 Å².